The van der Waals surface area contributed by atoms with E-state index in [4.69, 9.17) is 16.7 Å². The van der Waals surface area contributed by atoms with Crippen LogP contribution in [-0.4, -0.2) is 25.2 Å². The van der Waals surface area contributed by atoms with Crippen LogP contribution in [0.2, 0.25) is 5.02 Å². The normalized spacial score (nSPS) is 12.2. The first-order valence-electron chi connectivity index (χ1n) is 7.79. The van der Waals surface area contributed by atoms with Crippen molar-refractivity contribution in [2.75, 3.05) is 12.4 Å². The summed E-state index contributed by atoms with van der Waals surface area (Å²) in [4.78, 5) is -0.356. The summed E-state index contributed by atoms with van der Waals surface area (Å²) in [7, 11) is -2.56. The smallest absolute Gasteiger partial charge is 0.387 e. The lowest BCUT2D eigenvalue weighted by molar-refractivity contribution is -0.141. The molecule has 3 N–H and O–H groups in total. The average Bonchev–Trinajstić information content (AvgIpc) is 3.06. The molecule has 0 aliphatic rings. The molecule has 1 heterocycles. The van der Waals surface area contributed by atoms with Gasteiger partial charge in [0, 0.05) is 12.6 Å². The van der Waals surface area contributed by atoms with Crippen molar-refractivity contribution in [3.63, 3.8) is 0 Å². The third-order valence-corrected chi connectivity index (χ3v) is 5.20. The molecule has 0 amide bonds. The van der Waals surface area contributed by atoms with E-state index in [1.807, 2.05) is 0 Å². The molecule has 0 aliphatic carbocycles. The van der Waals surface area contributed by atoms with Gasteiger partial charge in [-0.25, -0.2) is 18.2 Å². The van der Waals surface area contributed by atoms with Gasteiger partial charge in [0.2, 0.25) is 10.0 Å². The molecule has 0 unspecified atom stereocenters. The van der Waals surface area contributed by atoms with Crippen molar-refractivity contribution in [3.05, 3.63) is 59.2 Å². The third kappa shape index (κ3) is 3.84. The van der Waals surface area contributed by atoms with E-state index in [-0.39, 0.29) is 21.3 Å². The lowest BCUT2D eigenvalue weighted by Crippen LogP contribution is -2.16. The second-order valence-electron chi connectivity index (χ2n) is 5.78. The lowest BCUT2D eigenvalue weighted by atomic mass is 10.1. The number of alkyl halides is 3. The van der Waals surface area contributed by atoms with Crippen LogP contribution in [0.25, 0.3) is 16.9 Å². The summed E-state index contributed by atoms with van der Waals surface area (Å²) in [6.45, 7) is 0. The van der Waals surface area contributed by atoms with Gasteiger partial charge >= 0.3 is 6.18 Å². The Hall–Kier alpha value is -2.56. The predicted molar refractivity (Wildman–Crippen MR) is 99.9 cm³/mol. The quantitative estimate of drug-likeness (QED) is 0.656. The van der Waals surface area contributed by atoms with Crippen molar-refractivity contribution >= 4 is 27.3 Å². The molecule has 6 nitrogen and oxygen atoms in total. The zero-order valence-corrected chi connectivity index (χ0v) is 15.9. The Morgan fingerprint density at radius 1 is 1.14 bits per heavy atom. The van der Waals surface area contributed by atoms with Gasteiger partial charge in [0.1, 0.15) is 4.90 Å². The maximum Gasteiger partial charge on any atom is 0.435 e. The molecule has 28 heavy (non-hydrogen) atoms. The van der Waals surface area contributed by atoms with E-state index < -0.39 is 21.9 Å². The number of primary sulfonamides is 1. The number of hydrogen-bond donors (Lipinski definition) is 2. The van der Waals surface area contributed by atoms with Crippen LogP contribution in [-0.2, 0) is 16.2 Å². The van der Waals surface area contributed by atoms with Crippen LogP contribution < -0.4 is 10.5 Å². The highest BCUT2D eigenvalue weighted by Crippen LogP contribution is 2.36. The van der Waals surface area contributed by atoms with Gasteiger partial charge in [0.15, 0.2) is 5.69 Å². The van der Waals surface area contributed by atoms with Gasteiger partial charge in [-0.1, -0.05) is 29.8 Å². The Morgan fingerprint density at radius 3 is 2.39 bits per heavy atom. The molecule has 3 rings (SSSR count). The average molecular weight is 431 g/mol. The van der Waals surface area contributed by atoms with Crippen LogP contribution >= 0.6 is 11.6 Å². The van der Waals surface area contributed by atoms with Gasteiger partial charge in [-0.05, 0) is 30.3 Å². The van der Waals surface area contributed by atoms with E-state index in [1.54, 1.807) is 19.2 Å². The van der Waals surface area contributed by atoms with Crippen LogP contribution in [0, 0.1) is 0 Å². The number of halogens is 4. The second-order valence-corrected chi connectivity index (χ2v) is 7.72. The maximum absolute atomic E-state index is 13.3. The summed E-state index contributed by atoms with van der Waals surface area (Å²) >= 11 is 6.15. The predicted octanol–water partition coefficient (Wildman–Crippen LogP) is 3.90. The van der Waals surface area contributed by atoms with Crippen LogP contribution in [0.1, 0.15) is 5.69 Å². The number of benzene rings is 2. The summed E-state index contributed by atoms with van der Waals surface area (Å²) in [5, 5.41) is 11.9. The SMILES string of the molecule is CNc1ccc(-c2cc(C(F)(F)F)nn2-c2ccccc2S(N)(=O)=O)cc1Cl. The summed E-state index contributed by atoms with van der Waals surface area (Å²) in [6, 6.07) is 10.8. The zero-order valence-electron chi connectivity index (χ0n) is 14.3. The molecule has 11 heteroatoms. The highest BCUT2D eigenvalue weighted by molar-refractivity contribution is 7.89. The molecular formula is C17H14ClF3N4O2S. The Morgan fingerprint density at radius 2 is 1.82 bits per heavy atom. The topological polar surface area (TPSA) is 90.0 Å². The van der Waals surface area contributed by atoms with E-state index >= 15 is 0 Å². The van der Waals surface area contributed by atoms with E-state index in [0.29, 0.717) is 11.3 Å². The third-order valence-electron chi connectivity index (χ3n) is 3.93. The van der Waals surface area contributed by atoms with E-state index in [9.17, 15) is 21.6 Å². The molecule has 0 saturated carbocycles. The minimum atomic E-state index is -4.73. The fourth-order valence-corrected chi connectivity index (χ4v) is 3.65. The zero-order chi connectivity index (χ0) is 20.7. The standard InChI is InChI=1S/C17H14ClF3N4O2S/c1-23-12-7-6-10(8-11(12)18)14-9-16(17(19,20)21)24-25(14)13-4-2-3-5-15(13)28(22,26)27/h2-9,23H,1H3,(H2,22,26,27). The van der Waals surface area contributed by atoms with Crippen molar-refractivity contribution in [1.82, 2.24) is 9.78 Å². The fourth-order valence-electron chi connectivity index (χ4n) is 2.66. The number of nitrogens with two attached hydrogens (primary N) is 1. The number of rotatable bonds is 4. The van der Waals surface area contributed by atoms with Gasteiger partial charge in [-0.3, -0.25) is 0 Å². The second kappa shape index (κ2) is 7.12. The Bertz CT molecular complexity index is 1140. The molecule has 0 fully saturated rings. The Kier molecular flexibility index (Phi) is 5.13. The molecule has 0 spiro atoms. The van der Waals surface area contributed by atoms with Crippen LogP contribution in [0.5, 0.6) is 0 Å². The Balaban J connectivity index is 2.31. The van der Waals surface area contributed by atoms with Gasteiger partial charge < -0.3 is 5.32 Å². The first kappa shape index (κ1) is 20.2. The number of aromatic nitrogens is 2. The number of sulfonamides is 1. The Labute approximate surface area is 163 Å². The highest BCUT2D eigenvalue weighted by Gasteiger charge is 2.36. The molecule has 0 saturated heterocycles. The molecule has 0 radical (unpaired) electrons. The summed E-state index contributed by atoms with van der Waals surface area (Å²) in [5.41, 5.74) is -0.383. The monoisotopic (exact) mass is 430 g/mol. The number of nitrogens with zero attached hydrogens (tertiary/aromatic N) is 2. The van der Waals surface area contributed by atoms with E-state index in [1.165, 1.54) is 30.3 Å². The van der Waals surface area contributed by atoms with Crippen molar-refractivity contribution in [2.45, 2.75) is 11.1 Å². The fraction of sp³-hybridized carbons (Fsp3) is 0.118. The first-order chi connectivity index (χ1) is 13.0. The van der Waals surface area contributed by atoms with Gasteiger partial charge in [0.05, 0.1) is 22.1 Å². The van der Waals surface area contributed by atoms with Gasteiger partial charge in [-0.2, -0.15) is 18.3 Å². The molecule has 0 bridgehead atoms. The number of nitrogens with one attached hydrogen (secondary N) is 1. The maximum atomic E-state index is 13.3. The summed E-state index contributed by atoms with van der Waals surface area (Å²) < 4.78 is 64.6. The minimum Gasteiger partial charge on any atom is -0.387 e. The molecule has 0 aliphatic heterocycles. The van der Waals surface area contributed by atoms with Crippen LogP contribution in [0.15, 0.2) is 53.4 Å². The van der Waals surface area contributed by atoms with Crippen molar-refractivity contribution < 1.29 is 21.6 Å². The number of para-hydroxylation sites is 1. The van der Waals surface area contributed by atoms with Crippen LogP contribution in [0.3, 0.4) is 0 Å². The van der Waals surface area contributed by atoms with Gasteiger partial charge in [-0.15, -0.1) is 0 Å². The largest absolute Gasteiger partial charge is 0.435 e. The minimum absolute atomic E-state index is 0.00739. The lowest BCUT2D eigenvalue weighted by Gasteiger charge is -2.12. The van der Waals surface area contributed by atoms with E-state index in [0.717, 1.165) is 10.7 Å². The van der Waals surface area contributed by atoms with Crippen molar-refractivity contribution in [3.8, 4) is 16.9 Å². The van der Waals surface area contributed by atoms with Crippen molar-refractivity contribution in [2.24, 2.45) is 5.14 Å². The number of anilines is 1. The highest BCUT2D eigenvalue weighted by atomic mass is 35.5. The van der Waals surface area contributed by atoms with Crippen molar-refractivity contribution in [1.29, 1.82) is 0 Å². The first-order valence-corrected chi connectivity index (χ1v) is 9.72. The molecule has 148 valence electrons. The molecule has 2 aromatic carbocycles. The molecule has 1 aromatic heterocycles. The molecular weight excluding hydrogens is 417 g/mol. The van der Waals surface area contributed by atoms with Crippen LogP contribution in [0.4, 0.5) is 18.9 Å². The summed E-state index contributed by atoms with van der Waals surface area (Å²) in [6.07, 6.45) is -4.73. The van der Waals surface area contributed by atoms with E-state index in [2.05, 4.69) is 10.4 Å². The summed E-state index contributed by atoms with van der Waals surface area (Å²) in [5.74, 6) is 0. The molecule has 0 atom stereocenters. The van der Waals surface area contributed by atoms with Gasteiger partial charge in [0.25, 0.3) is 0 Å². The molecule has 3 aromatic rings. The number of hydrogen-bond acceptors (Lipinski definition) is 4.